The van der Waals surface area contributed by atoms with E-state index in [0.717, 1.165) is 6.07 Å². The highest BCUT2D eigenvalue weighted by molar-refractivity contribution is 5.90. The molecule has 0 bridgehead atoms. The van der Waals surface area contributed by atoms with Crippen LogP contribution in [0.1, 0.15) is 50.6 Å². The Morgan fingerprint density at radius 1 is 1.39 bits per heavy atom. The fourth-order valence-electron chi connectivity index (χ4n) is 4.63. The standard InChI is InChI=1S/C23H26F3N5O2/c1-13-9-18-16(12-30(13)21(32)28-15-5-6-17(24)19(10-15)27-4)20-23(25,26)8-7-14(22(2,3)33)11-31(20)29-18/h5-6,10,13-14,33H,7-9,11-12H2,1-3H3,(H,28,32)/t13-,14-/m1/s1. The number of carbonyl (C=O) groups is 1. The molecule has 7 nitrogen and oxygen atoms in total. The number of nitrogens with zero attached hydrogens (tertiary/aromatic N) is 4. The maximum Gasteiger partial charge on any atom is 0.322 e. The number of carbonyl (C=O) groups excluding carboxylic acids is 1. The number of nitrogens with one attached hydrogen (secondary N) is 1. The van der Waals surface area contributed by atoms with Gasteiger partial charge in [0, 0.05) is 42.6 Å². The molecule has 10 heteroatoms. The molecule has 2 aliphatic heterocycles. The van der Waals surface area contributed by atoms with Crippen LogP contribution < -0.4 is 5.32 Å². The molecule has 0 radical (unpaired) electrons. The van der Waals surface area contributed by atoms with Gasteiger partial charge in [-0.2, -0.15) is 13.9 Å². The summed E-state index contributed by atoms with van der Waals surface area (Å²) in [6.07, 6.45) is 0.0580. The Kier molecular flexibility index (Phi) is 5.65. The van der Waals surface area contributed by atoms with Crippen molar-refractivity contribution >= 4 is 17.4 Å². The lowest BCUT2D eigenvalue weighted by atomic mass is 9.86. The number of fused-ring (bicyclic) bond motifs is 3. The van der Waals surface area contributed by atoms with Gasteiger partial charge >= 0.3 is 6.03 Å². The van der Waals surface area contributed by atoms with E-state index in [4.69, 9.17) is 6.57 Å². The van der Waals surface area contributed by atoms with Gasteiger partial charge in [-0.3, -0.25) is 4.68 Å². The molecule has 0 saturated carbocycles. The predicted molar refractivity (Wildman–Crippen MR) is 116 cm³/mol. The molecule has 3 heterocycles. The first-order valence-electron chi connectivity index (χ1n) is 10.8. The van der Waals surface area contributed by atoms with E-state index in [0.29, 0.717) is 17.7 Å². The third-order valence-corrected chi connectivity index (χ3v) is 6.61. The average Bonchev–Trinajstić information content (AvgIpc) is 3.01. The van der Waals surface area contributed by atoms with Crippen LogP contribution in [0.25, 0.3) is 4.85 Å². The molecular formula is C23H26F3N5O2. The predicted octanol–water partition coefficient (Wildman–Crippen LogP) is 4.82. The van der Waals surface area contributed by atoms with Gasteiger partial charge < -0.3 is 15.3 Å². The summed E-state index contributed by atoms with van der Waals surface area (Å²) in [6.45, 7) is 12.2. The van der Waals surface area contributed by atoms with Crippen LogP contribution in [0.15, 0.2) is 18.2 Å². The minimum Gasteiger partial charge on any atom is -0.390 e. The SMILES string of the molecule is [C-]#[N+]c1cc(NC(=O)N2Cc3c(nn4c3C(F)(F)CC[C@@H](C(C)(C)O)C4)C[C@H]2C)ccc1F. The molecule has 1 aromatic heterocycles. The molecule has 2 atom stereocenters. The minimum absolute atomic E-state index is 0.0443. The second-order valence-electron chi connectivity index (χ2n) is 9.44. The van der Waals surface area contributed by atoms with Crippen LogP contribution in [-0.2, 0) is 25.4 Å². The van der Waals surface area contributed by atoms with Crippen molar-refractivity contribution in [3.05, 3.63) is 52.4 Å². The molecule has 2 N–H and O–H groups in total. The van der Waals surface area contributed by atoms with Crippen LogP contribution in [0.4, 0.5) is 29.3 Å². The maximum atomic E-state index is 15.2. The van der Waals surface area contributed by atoms with Gasteiger partial charge in [0.05, 0.1) is 24.4 Å². The molecule has 0 unspecified atom stereocenters. The quantitative estimate of drug-likeness (QED) is 0.630. The summed E-state index contributed by atoms with van der Waals surface area (Å²) >= 11 is 0. The van der Waals surface area contributed by atoms with E-state index in [2.05, 4.69) is 15.3 Å². The van der Waals surface area contributed by atoms with Gasteiger partial charge in [0.2, 0.25) is 5.69 Å². The summed E-state index contributed by atoms with van der Waals surface area (Å²) in [5, 5.41) is 17.5. The molecule has 2 aromatic rings. The van der Waals surface area contributed by atoms with E-state index in [-0.39, 0.29) is 48.5 Å². The molecule has 1 aromatic carbocycles. The molecule has 176 valence electrons. The van der Waals surface area contributed by atoms with Crippen molar-refractivity contribution in [2.24, 2.45) is 5.92 Å². The van der Waals surface area contributed by atoms with Gasteiger partial charge in [-0.1, -0.05) is 0 Å². The molecule has 0 saturated heterocycles. The topological polar surface area (TPSA) is 74.8 Å². The second-order valence-corrected chi connectivity index (χ2v) is 9.44. The second kappa shape index (κ2) is 8.06. The highest BCUT2D eigenvalue weighted by Gasteiger charge is 2.46. The van der Waals surface area contributed by atoms with Crippen LogP contribution in [0, 0.1) is 18.3 Å². The Bertz CT molecular complexity index is 1130. The largest absolute Gasteiger partial charge is 0.390 e. The number of benzene rings is 1. The summed E-state index contributed by atoms with van der Waals surface area (Å²) in [5.41, 5.74) is -0.406. The number of rotatable bonds is 2. The normalized spacial score (nSPS) is 22.1. The van der Waals surface area contributed by atoms with Crippen molar-refractivity contribution in [2.45, 2.75) is 70.7 Å². The van der Waals surface area contributed by atoms with E-state index < -0.39 is 29.8 Å². The van der Waals surface area contributed by atoms with Crippen molar-refractivity contribution in [3.63, 3.8) is 0 Å². The zero-order chi connectivity index (χ0) is 24.1. The van der Waals surface area contributed by atoms with Gasteiger partial charge in [-0.15, -0.1) is 0 Å². The molecule has 2 amide bonds. The van der Waals surface area contributed by atoms with Crippen LogP contribution in [-0.4, -0.2) is 37.5 Å². The lowest BCUT2D eigenvalue weighted by Gasteiger charge is -2.33. The monoisotopic (exact) mass is 461 g/mol. The maximum absolute atomic E-state index is 15.2. The number of alkyl halides is 2. The van der Waals surface area contributed by atoms with Gasteiger partial charge in [0.15, 0.2) is 0 Å². The molecule has 33 heavy (non-hydrogen) atoms. The molecule has 4 rings (SSSR count). The first-order valence-corrected chi connectivity index (χ1v) is 10.8. The Morgan fingerprint density at radius 2 is 2.12 bits per heavy atom. The first-order chi connectivity index (χ1) is 15.4. The Morgan fingerprint density at radius 3 is 2.79 bits per heavy atom. The van der Waals surface area contributed by atoms with Gasteiger partial charge in [0.25, 0.3) is 5.92 Å². The summed E-state index contributed by atoms with van der Waals surface area (Å²) in [4.78, 5) is 17.5. The minimum atomic E-state index is -3.13. The van der Waals surface area contributed by atoms with Gasteiger partial charge in [-0.05, 0) is 45.4 Å². The van der Waals surface area contributed by atoms with E-state index in [1.165, 1.54) is 21.7 Å². The fourth-order valence-corrected chi connectivity index (χ4v) is 4.63. The Hall–Kier alpha value is -3.06. The number of urea groups is 1. The zero-order valence-corrected chi connectivity index (χ0v) is 18.7. The van der Waals surface area contributed by atoms with Crippen molar-refractivity contribution in [3.8, 4) is 0 Å². The first kappa shape index (κ1) is 23.1. The molecule has 2 aliphatic rings. The lowest BCUT2D eigenvalue weighted by Crippen LogP contribution is -2.45. The number of amides is 2. The van der Waals surface area contributed by atoms with Crippen molar-refractivity contribution < 1.29 is 23.1 Å². The van der Waals surface area contributed by atoms with Crippen molar-refractivity contribution in [1.29, 1.82) is 0 Å². The number of aliphatic hydroxyl groups is 1. The van der Waals surface area contributed by atoms with E-state index >= 15 is 8.78 Å². The highest BCUT2D eigenvalue weighted by atomic mass is 19.3. The van der Waals surface area contributed by atoms with Crippen LogP contribution in [0.2, 0.25) is 0 Å². The summed E-state index contributed by atoms with van der Waals surface area (Å²) in [7, 11) is 0. The lowest BCUT2D eigenvalue weighted by molar-refractivity contribution is -0.0336. The summed E-state index contributed by atoms with van der Waals surface area (Å²) < 4.78 is 45.3. The van der Waals surface area contributed by atoms with Crippen LogP contribution in [0.5, 0.6) is 0 Å². The third-order valence-electron chi connectivity index (χ3n) is 6.61. The summed E-state index contributed by atoms with van der Waals surface area (Å²) in [5.74, 6) is -4.20. The number of halogens is 3. The van der Waals surface area contributed by atoms with Crippen molar-refractivity contribution in [1.82, 2.24) is 14.7 Å². The smallest absolute Gasteiger partial charge is 0.322 e. The van der Waals surface area contributed by atoms with E-state index in [1.807, 2.05) is 0 Å². The molecule has 0 fully saturated rings. The Labute approximate surface area is 190 Å². The third kappa shape index (κ3) is 4.29. The fraction of sp³-hybridized carbons (Fsp3) is 0.522. The zero-order valence-electron chi connectivity index (χ0n) is 18.7. The average molecular weight is 461 g/mol. The van der Waals surface area contributed by atoms with Crippen LogP contribution >= 0.6 is 0 Å². The molecular weight excluding hydrogens is 435 g/mol. The Balaban J connectivity index is 1.63. The van der Waals surface area contributed by atoms with E-state index in [9.17, 15) is 14.3 Å². The van der Waals surface area contributed by atoms with Crippen molar-refractivity contribution in [2.75, 3.05) is 5.32 Å². The number of hydrogen-bond acceptors (Lipinski definition) is 3. The summed E-state index contributed by atoms with van der Waals surface area (Å²) in [6, 6.07) is 2.84. The number of anilines is 1. The van der Waals surface area contributed by atoms with Gasteiger partial charge in [-0.25, -0.2) is 14.0 Å². The number of hydrogen-bond donors (Lipinski definition) is 2. The number of aromatic nitrogens is 2. The molecule has 0 aliphatic carbocycles. The molecule has 0 spiro atoms. The van der Waals surface area contributed by atoms with Crippen LogP contribution in [0.3, 0.4) is 0 Å². The highest BCUT2D eigenvalue weighted by Crippen LogP contribution is 2.44. The van der Waals surface area contributed by atoms with E-state index in [1.54, 1.807) is 20.8 Å². The van der Waals surface area contributed by atoms with Gasteiger partial charge in [0.1, 0.15) is 11.5 Å².